The Kier molecular flexibility index (Phi) is 4.24. The predicted octanol–water partition coefficient (Wildman–Crippen LogP) is 4.48. The fourth-order valence-corrected chi connectivity index (χ4v) is 2.36. The SMILES string of the molecule is Nc1ccc(-c2ccc(C(=O)CCc3cccc(F)c3)o2)cc1. The van der Waals surface area contributed by atoms with E-state index in [4.69, 9.17) is 10.2 Å². The number of halogens is 1. The van der Waals surface area contributed by atoms with Gasteiger partial charge in [-0.15, -0.1) is 0 Å². The molecule has 0 amide bonds. The molecule has 3 rings (SSSR count). The van der Waals surface area contributed by atoms with Crippen molar-refractivity contribution in [2.45, 2.75) is 12.8 Å². The molecule has 0 saturated carbocycles. The highest BCUT2D eigenvalue weighted by molar-refractivity contribution is 5.94. The van der Waals surface area contributed by atoms with E-state index in [1.54, 1.807) is 36.4 Å². The van der Waals surface area contributed by atoms with Crippen molar-refractivity contribution >= 4 is 11.5 Å². The van der Waals surface area contributed by atoms with Gasteiger partial charge in [-0.3, -0.25) is 4.79 Å². The van der Waals surface area contributed by atoms with E-state index in [1.807, 2.05) is 12.1 Å². The second kappa shape index (κ2) is 6.48. The normalized spacial score (nSPS) is 10.7. The number of hydrogen-bond acceptors (Lipinski definition) is 3. The van der Waals surface area contributed by atoms with Gasteiger partial charge >= 0.3 is 0 Å². The van der Waals surface area contributed by atoms with Crippen LogP contribution in [0.1, 0.15) is 22.5 Å². The van der Waals surface area contributed by atoms with Crippen LogP contribution >= 0.6 is 0 Å². The van der Waals surface area contributed by atoms with Gasteiger partial charge in [0.1, 0.15) is 11.6 Å². The molecule has 1 heterocycles. The van der Waals surface area contributed by atoms with Gasteiger partial charge in [0.25, 0.3) is 0 Å². The summed E-state index contributed by atoms with van der Waals surface area (Å²) in [6, 6.07) is 16.9. The van der Waals surface area contributed by atoms with Gasteiger partial charge in [0.05, 0.1) is 0 Å². The number of ketones is 1. The maximum Gasteiger partial charge on any atom is 0.198 e. The van der Waals surface area contributed by atoms with Crippen molar-refractivity contribution in [1.29, 1.82) is 0 Å². The standard InChI is InChI=1S/C19H16FNO2/c20-15-3-1-2-13(12-15)4-9-17(22)19-11-10-18(23-19)14-5-7-16(21)8-6-14/h1-3,5-8,10-12H,4,9,21H2. The van der Waals surface area contributed by atoms with E-state index in [2.05, 4.69) is 0 Å². The summed E-state index contributed by atoms with van der Waals surface area (Å²) in [6.45, 7) is 0. The third-order valence-electron chi connectivity index (χ3n) is 3.61. The number of Topliss-reactive ketones (excluding diaryl/α,β-unsaturated/α-hetero) is 1. The molecule has 3 aromatic rings. The minimum atomic E-state index is -0.293. The van der Waals surface area contributed by atoms with Gasteiger partial charge < -0.3 is 10.2 Å². The first-order chi connectivity index (χ1) is 11.1. The third kappa shape index (κ3) is 3.66. The zero-order valence-electron chi connectivity index (χ0n) is 12.5. The summed E-state index contributed by atoms with van der Waals surface area (Å²) in [4.78, 5) is 12.2. The quantitative estimate of drug-likeness (QED) is 0.558. The van der Waals surface area contributed by atoms with Crippen LogP contribution in [0.25, 0.3) is 11.3 Å². The summed E-state index contributed by atoms with van der Waals surface area (Å²) in [6.07, 6.45) is 0.757. The highest BCUT2D eigenvalue weighted by Crippen LogP contribution is 2.24. The van der Waals surface area contributed by atoms with E-state index in [-0.39, 0.29) is 18.0 Å². The average Bonchev–Trinajstić information content (AvgIpc) is 3.03. The zero-order valence-corrected chi connectivity index (χ0v) is 12.5. The molecule has 0 spiro atoms. The lowest BCUT2D eigenvalue weighted by Crippen LogP contribution is -1.99. The number of hydrogen-bond donors (Lipinski definition) is 1. The number of nitrogens with two attached hydrogens (primary N) is 1. The molecule has 0 bridgehead atoms. The molecule has 0 unspecified atom stereocenters. The smallest absolute Gasteiger partial charge is 0.198 e. The largest absolute Gasteiger partial charge is 0.453 e. The molecule has 116 valence electrons. The van der Waals surface area contributed by atoms with E-state index in [0.29, 0.717) is 23.6 Å². The van der Waals surface area contributed by atoms with Crippen LogP contribution in [-0.4, -0.2) is 5.78 Å². The Morgan fingerprint density at radius 3 is 2.57 bits per heavy atom. The van der Waals surface area contributed by atoms with Crippen molar-refractivity contribution < 1.29 is 13.6 Å². The molecule has 0 radical (unpaired) electrons. The molecule has 0 fully saturated rings. The fourth-order valence-electron chi connectivity index (χ4n) is 2.36. The first kappa shape index (κ1) is 15.0. The topological polar surface area (TPSA) is 56.2 Å². The van der Waals surface area contributed by atoms with Crippen LogP contribution in [0.15, 0.2) is 65.1 Å². The average molecular weight is 309 g/mol. The first-order valence-electron chi connectivity index (χ1n) is 7.35. The van der Waals surface area contributed by atoms with Crippen molar-refractivity contribution in [2.75, 3.05) is 5.73 Å². The van der Waals surface area contributed by atoms with Crippen LogP contribution in [0.3, 0.4) is 0 Å². The number of nitrogen functional groups attached to an aromatic ring is 1. The molecule has 0 atom stereocenters. The summed E-state index contributed by atoms with van der Waals surface area (Å²) in [7, 11) is 0. The minimum absolute atomic E-state index is 0.101. The van der Waals surface area contributed by atoms with Gasteiger partial charge in [0.15, 0.2) is 11.5 Å². The van der Waals surface area contributed by atoms with Gasteiger partial charge in [-0.25, -0.2) is 4.39 Å². The Labute approximate surface area is 133 Å². The Balaban J connectivity index is 1.67. The molecule has 2 N–H and O–H groups in total. The lowest BCUT2D eigenvalue weighted by molar-refractivity contribution is 0.0957. The molecule has 23 heavy (non-hydrogen) atoms. The fraction of sp³-hybridized carbons (Fsp3) is 0.105. The summed E-state index contributed by atoms with van der Waals surface area (Å²) in [5.74, 6) is 0.543. The predicted molar refractivity (Wildman–Crippen MR) is 87.6 cm³/mol. The Hall–Kier alpha value is -2.88. The van der Waals surface area contributed by atoms with Crippen LogP contribution in [-0.2, 0) is 6.42 Å². The summed E-state index contributed by atoms with van der Waals surface area (Å²) < 4.78 is 18.7. The molecule has 2 aromatic carbocycles. The third-order valence-corrected chi connectivity index (χ3v) is 3.61. The minimum Gasteiger partial charge on any atom is -0.453 e. The van der Waals surface area contributed by atoms with Gasteiger partial charge in [0, 0.05) is 17.7 Å². The van der Waals surface area contributed by atoms with Gasteiger partial charge in [-0.2, -0.15) is 0 Å². The van der Waals surface area contributed by atoms with Crippen LogP contribution in [0.4, 0.5) is 10.1 Å². The molecule has 0 saturated heterocycles. The van der Waals surface area contributed by atoms with E-state index in [1.165, 1.54) is 12.1 Å². The monoisotopic (exact) mass is 309 g/mol. The van der Waals surface area contributed by atoms with E-state index in [0.717, 1.165) is 11.1 Å². The Bertz CT molecular complexity index is 821. The summed E-state index contributed by atoms with van der Waals surface area (Å²) >= 11 is 0. The van der Waals surface area contributed by atoms with E-state index in [9.17, 15) is 9.18 Å². The van der Waals surface area contributed by atoms with Gasteiger partial charge in [-0.1, -0.05) is 12.1 Å². The maximum absolute atomic E-state index is 13.1. The number of rotatable bonds is 5. The molecule has 0 aliphatic heterocycles. The van der Waals surface area contributed by atoms with Crippen molar-refractivity contribution in [3.8, 4) is 11.3 Å². The second-order valence-electron chi connectivity index (χ2n) is 5.34. The Morgan fingerprint density at radius 1 is 1.04 bits per heavy atom. The summed E-state index contributed by atoms with van der Waals surface area (Å²) in [5, 5.41) is 0. The van der Waals surface area contributed by atoms with Gasteiger partial charge in [0.2, 0.25) is 0 Å². The van der Waals surface area contributed by atoms with Crippen molar-refractivity contribution in [1.82, 2.24) is 0 Å². The van der Waals surface area contributed by atoms with E-state index < -0.39 is 0 Å². The van der Waals surface area contributed by atoms with Crippen molar-refractivity contribution in [3.05, 3.63) is 77.8 Å². The number of carbonyl (C=O) groups is 1. The number of anilines is 1. The number of furan rings is 1. The van der Waals surface area contributed by atoms with Crippen LogP contribution in [0.5, 0.6) is 0 Å². The van der Waals surface area contributed by atoms with Crippen molar-refractivity contribution in [2.24, 2.45) is 0 Å². The molecule has 3 nitrogen and oxygen atoms in total. The number of carbonyl (C=O) groups excluding carboxylic acids is 1. The van der Waals surface area contributed by atoms with Crippen LogP contribution < -0.4 is 5.73 Å². The Morgan fingerprint density at radius 2 is 1.83 bits per heavy atom. The highest BCUT2D eigenvalue weighted by atomic mass is 19.1. The second-order valence-corrected chi connectivity index (χ2v) is 5.34. The molecular formula is C19H16FNO2. The van der Waals surface area contributed by atoms with Crippen LogP contribution in [0.2, 0.25) is 0 Å². The number of aryl methyl sites for hydroxylation is 1. The lowest BCUT2D eigenvalue weighted by atomic mass is 10.1. The summed E-state index contributed by atoms with van der Waals surface area (Å²) in [5.41, 5.74) is 7.98. The maximum atomic E-state index is 13.1. The highest BCUT2D eigenvalue weighted by Gasteiger charge is 2.12. The van der Waals surface area contributed by atoms with E-state index >= 15 is 0 Å². The molecule has 0 aliphatic rings. The van der Waals surface area contributed by atoms with Crippen molar-refractivity contribution in [3.63, 3.8) is 0 Å². The molecular weight excluding hydrogens is 293 g/mol. The lowest BCUT2D eigenvalue weighted by Gasteiger charge is -2.01. The zero-order chi connectivity index (χ0) is 16.2. The molecule has 1 aromatic heterocycles. The molecule has 0 aliphatic carbocycles. The first-order valence-corrected chi connectivity index (χ1v) is 7.35. The van der Waals surface area contributed by atoms with Gasteiger partial charge in [-0.05, 0) is 60.5 Å². The number of benzene rings is 2. The molecule has 4 heteroatoms. The van der Waals surface area contributed by atoms with Crippen LogP contribution in [0, 0.1) is 5.82 Å².